The van der Waals surface area contributed by atoms with E-state index >= 15 is 0 Å². The van der Waals surface area contributed by atoms with Crippen molar-refractivity contribution in [2.24, 2.45) is 0 Å². The van der Waals surface area contributed by atoms with Crippen molar-refractivity contribution in [2.75, 3.05) is 16.0 Å². The van der Waals surface area contributed by atoms with Gasteiger partial charge >= 0.3 is 0 Å². The molecule has 0 aromatic heterocycles. The van der Waals surface area contributed by atoms with Crippen molar-refractivity contribution in [1.82, 2.24) is 0 Å². The number of hydrogen-bond donors (Lipinski definition) is 1. The molecule has 1 heterocycles. The number of carbonyl (C=O) groups excluding carboxylic acids is 2. The van der Waals surface area contributed by atoms with E-state index in [0.29, 0.717) is 22.0 Å². The van der Waals surface area contributed by atoms with Crippen LogP contribution < -0.4 is 10.2 Å². The molecule has 3 aromatic carbocycles. The minimum atomic E-state index is -0.191. The molecule has 2 amide bonds. The van der Waals surface area contributed by atoms with Crippen molar-refractivity contribution in [3.63, 3.8) is 0 Å². The van der Waals surface area contributed by atoms with Crippen LogP contribution in [0.4, 0.5) is 11.4 Å². The molecule has 0 saturated carbocycles. The van der Waals surface area contributed by atoms with E-state index < -0.39 is 0 Å². The largest absolute Gasteiger partial charge is 0.322 e. The molecule has 0 aliphatic carbocycles. The van der Waals surface area contributed by atoms with Crippen LogP contribution in [0.1, 0.15) is 33.8 Å². The molecule has 30 heavy (non-hydrogen) atoms. The van der Waals surface area contributed by atoms with Gasteiger partial charge in [-0.15, -0.1) is 11.8 Å². The van der Waals surface area contributed by atoms with Gasteiger partial charge in [0.15, 0.2) is 0 Å². The van der Waals surface area contributed by atoms with Gasteiger partial charge in [0.2, 0.25) is 5.91 Å². The number of amides is 2. The zero-order chi connectivity index (χ0) is 21.1. The molecular weight excluding hydrogens is 416 g/mol. The first-order valence-corrected chi connectivity index (χ1v) is 11.2. The molecular formula is C24H21ClN2O2S. The fourth-order valence-corrected chi connectivity index (χ4v) is 4.81. The Hall–Kier alpha value is -2.76. The van der Waals surface area contributed by atoms with Gasteiger partial charge in [-0.2, -0.15) is 0 Å². The van der Waals surface area contributed by atoms with E-state index in [9.17, 15) is 9.59 Å². The topological polar surface area (TPSA) is 49.4 Å². The predicted octanol–water partition coefficient (Wildman–Crippen LogP) is 5.93. The fraction of sp³-hybridized carbons (Fsp3) is 0.167. The molecule has 0 bridgehead atoms. The third kappa shape index (κ3) is 4.23. The van der Waals surface area contributed by atoms with Gasteiger partial charge in [0.05, 0.1) is 5.75 Å². The Kier molecular flexibility index (Phi) is 6.11. The molecule has 4 rings (SSSR count). The molecule has 6 heteroatoms. The van der Waals surface area contributed by atoms with Gasteiger partial charge in [0, 0.05) is 22.0 Å². The average Bonchev–Trinajstić information content (AvgIpc) is 3.15. The van der Waals surface area contributed by atoms with Crippen molar-refractivity contribution in [2.45, 2.75) is 18.7 Å². The van der Waals surface area contributed by atoms with Gasteiger partial charge in [-0.25, -0.2) is 0 Å². The Balaban J connectivity index is 1.53. The summed E-state index contributed by atoms with van der Waals surface area (Å²) in [5.74, 6) is 0.381. The number of hydrogen-bond acceptors (Lipinski definition) is 3. The molecule has 1 aliphatic rings. The minimum absolute atomic E-state index is 0.0776. The monoisotopic (exact) mass is 436 g/mol. The first kappa shape index (κ1) is 20.5. The number of benzene rings is 3. The normalized spacial score (nSPS) is 16.0. The highest BCUT2D eigenvalue weighted by molar-refractivity contribution is 8.00. The van der Waals surface area contributed by atoms with E-state index in [1.165, 1.54) is 0 Å². The maximum absolute atomic E-state index is 12.7. The van der Waals surface area contributed by atoms with E-state index in [1.807, 2.05) is 47.4 Å². The summed E-state index contributed by atoms with van der Waals surface area (Å²) in [6, 6.07) is 22.5. The second-order valence-corrected chi connectivity index (χ2v) is 8.50. The van der Waals surface area contributed by atoms with Crippen LogP contribution in [0, 0.1) is 0 Å². The maximum atomic E-state index is 12.7. The lowest BCUT2D eigenvalue weighted by atomic mass is 10.1. The van der Waals surface area contributed by atoms with E-state index in [4.69, 9.17) is 11.6 Å². The van der Waals surface area contributed by atoms with E-state index in [-0.39, 0.29) is 17.2 Å². The molecule has 1 atom stereocenters. The highest BCUT2D eigenvalue weighted by Gasteiger charge is 2.34. The highest BCUT2D eigenvalue weighted by Crippen LogP contribution is 2.43. The van der Waals surface area contributed by atoms with Crippen molar-refractivity contribution in [3.8, 4) is 0 Å². The first-order valence-electron chi connectivity index (χ1n) is 9.75. The van der Waals surface area contributed by atoms with Gasteiger partial charge < -0.3 is 5.32 Å². The number of aryl methyl sites for hydroxylation is 1. The number of halogens is 1. The lowest BCUT2D eigenvalue weighted by Gasteiger charge is -2.26. The molecule has 152 valence electrons. The lowest BCUT2D eigenvalue weighted by Crippen LogP contribution is -2.28. The van der Waals surface area contributed by atoms with Crippen molar-refractivity contribution in [3.05, 3.63) is 94.5 Å². The molecule has 0 unspecified atom stereocenters. The molecule has 1 fully saturated rings. The highest BCUT2D eigenvalue weighted by atomic mass is 35.5. The number of anilines is 2. The Morgan fingerprint density at radius 2 is 1.77 bits per heavy atom. The summed E-state index contributed by atoms with van der Waals surface area (Å²) in [7, 11) is 0. The van der Waals surface area contributed by atoms with Gasteiger partial charge in [0.1, 0.15) is 5.37 Å². The summed E-state index contributed by atoms with van der Waals surface area (Å²) >= 11 is 7.50. The van der Waals surface area contributed by atoms with Gasteiger partial charge in [-0.05, 0) is 60.0 Å². The summed E-state index contributed by atoms with van der Waals surface area (Å²) in [6.45, 7) is 2.10. The molecule has 0 spiro atoms. The van der Waals surface area contributed by atoms with Crippen molar-refractivity contribution in [1.29, 1.82) is 0 Å². The molecule has 1 N–H and O–H groups in total. The first-order chi connectivity index (χ1) is 14.6. The van der Waals surface area contributed by atoms with Gasteiger partial charge in [-0.3, -0.25) is 14.5 Å². The number of thioether (sulfide) groups is 1. The Bertz CT molecular complexity index is 1070. The number of carbonyl (C=O) groups is 2. The van der Waals surface area contributed by atoms with E-state index in [2.05, 4.69) is 18.3 Å². The molecule has 3 aromatic rings. The third-order valence-electron chi connectivity index (χ3n) is 5.06. The number of rotatable bonds is 5. The van der Waals surface area contributed by atoms with Crippen LogP contribution in [0.2, 0.25) is 5.02 Å². The standard InChI is InChI=1S/C24H21ClN2O2S/c1-2-16-5-3-4-6-21(16)27-22(28)15-30-24(27)18-9-13-20(14-10-18)26-23(29)17-7-11-19(25)12-8-17/h3-14,24H,2,15H2,1H3,(H,26,29)/t24-/m1/s1. The second kappa shape index (κ2) is 8.94. The third-order valence-corrected chi connectivity index (χ3v) is 6.52. The molecule has 0 radical (unpaired) electrons. The summed E-state index contributed by atoms with van der Waals surface area (Å²) in [5, 5.41) is 3.41. The van der Waals surface area contributed by atoms with Crippen LogP contribution in [-0.4, -0.2) is 17.6 Å². The molecule has 4 nitrogen and oxygen atoms in total. The Morgan fingerprint density at radius 3 is 2.47 bits per heavy atom. The minimum Gasteiger partial charge on any atom is -0.322 e. The molecule has 1 aliphatic heterocycles. The summed E-state index contributed by atoms with van der Waals surface area (Å²) in [5.41, 5.74) is 4.41. The van der Waals surface area contributed by atoms with Crippen LogP contribution in [0.5, 0.6) is 0 Å². The zero-order valence-corrected chi connectivity index (χ0v) is 18.0. The Labute approximate surface area is 185 Å². The number of para-hydroxylation sites is 1. The SMILES string of the molecule is CCc1ccccc1N1C(=O)CS[C@@H]1c1ccc(NC(=O)c2ccc(Cl)cc2)cc1. The zero-order valence-electron chi connectivity index (χ0n) is 16.5. The summed E-state index contributed by atoms with van der Waals surface area (Å²) < 4.78 is 0. The van der Waals surface area contributed by atoms with Crippen LogP contribution in [0.3, 0.4) is 0 Å². The lowest BCUT2D eigenvalue weighted by molar-refractivity contribution is -0.115. The number of nitrogens with zero attached hydrogens (tertiary/aromatic N) is 1. The van der Waals surface area contributed by atoms with Crippen LogP contribution in [0.25, 0.3) is 0 Å². The average molecular weight is 437 g/mol. The quantitative estimate of drug-likeness (QED) is 0.539. The smallest absolute Gasteiger partial charge is 0.255 e. The summed E-state index contributed by atoms with van der Waals surface area (Å²) in [6.07, 6.45) is 0.868. The Morgan fingerprint density at radius 1 is 1.07 bits per heavy atom. The van der Waals surface area contributed by atoms with Gasteiger partial charge in [0.25, 0.3) is 5.91 Å². The van der Waals surface area contributed by atoms with E-state index in [0.717, 1.165) is 23.2 Å². The number of nitrogens with one attached hydrogen (secondary N) is 1. The van der Waals surface area contributed by atoms with Gasteiger partial charge in [-0.1, -0.05) is 48.9 Å². The van der Waals surface area contributed by atoms with Crippen molar-refractivity contribution < 1.29 is 9.59 Å². The maximum Gasteiger partial charge on any atom is 0.255 e. The predicted molar refractivity (Wildman–Crippen MR) is 124 cm³/mol. The van der Waals surface area contributed by atoms with E-state index in [1.54, 1.807) is 36.0 Å². The molecule has 1 saturated heterocycles. The van der Waals surface area contributed by atoms with Crippen molar-refractivity contribution >= 4 is 46.6 Å². The van der Waals surface area contributed by atoms with Crippen LogP contribution in [0.15, 0.2) is 72.8 Å². The fourth-order valence-electron chi connectivity index (χ4n) is 3.51. The van der Waals surface area contributed by atoms with Crippen LogP contribution in [-0.2, 0) is 11.2 Å². The summed E-state index contributed by atoms with van der Waals surface area (Å²) in [4.78, 5) is 27.0. The van der Waals surface area contributed by atoms with Crippen LogP contribution >= 0.6 is 23.4 Å². The second-order valence-electron chi connectivity index (χ2n) is 6.99.